The third-order valence-electron chi connectivity index (χ3n) is 3.35. The van der Waals surface area contributed by atoms with E-state index < -0.39 is 6.04 Å². The SMILES string of the molecule is CC1(NC(=O)C(N)C(C)(C)C)CCCC1. The minimum atomic E-state index is -0.421. The minimum Gasteiger partial charge on any atom is -0.350 e. The lowest BCUT2D eigenvalue weighted by molar-refractivity contribution is -0.126. The van der Waals surface area contributed by atoms with E-state index in [1.807, 2.05) is 20.8 Å². The Morgan fingerprint density at radius 3 is 2.20 bits per heavy atom. The zero-order valence-corrected chi connectivity index (χ0v) is 10.4. The molecule has 1 fully saturated rings. The number of hydrogen-bond donors (Lipinski definition) is 2. The minimum absolute atomic E-state index is 0.00750. The van der Waals surface area contributed by atoms with Crippen LogP contribution in [-0.4, -0.2) is 17.5 Å². The Labute approximate surface area is 92.8 Å². The highest BCUT2D eigenvalue weighted by Gasteiger charge is 2.34. The molecule has 0 aliphatic heterocycles. The van der Waals surface area contributed by atoms with Crippen molar-refractivity contribution in [2.24, 2.45) is 11.1 Å². The molecular weight excluding hydrogens is 188 g/mol. The summed E-state index contributed by atoms with van der Waals surface area (Å²) in [6.07, 6.45) is 4.58. The predicted molar refractivity (Wildman–Crippen MR) is 62.4 cm³/mol. The van der Waals surface area contributed by atoms with Crippen LogP contribution in [0.4, 0.5) is 0 Å². The van der Waals surface area contributed by atoms with Crippen molar-refractivity contribution in [2.75, 3.05) is 0 Å². The Morgan fingerprint density at radius 2 is 1.80 bits per heavy atom. The third-order valence-corrected chi connectivity index (χ3v) is 3.35. The van der Waals surface area contributed by atoms with E-state index in [-0.39, 0.29) is 16.9 Å². The molecule has 15 heavy (non-hydrogen) atoms. The lowest BCUT2D eigenvalue weighted by Crippen LogP contribution is -2.54. The van der Waals surface area contributed by atoms with Crippen molar-refractivity contribution < 1.29 is 4.79 Å². The average Bonchev–Trinajstić information content (AvgIpc) is 2.48. The molecule has 0 saturated heterocycles. The van der Waals surface area contributed by atoms with Crippen LogP contribution in [0.15, 0.2) is 0 Å². The highest BCUT2D eigenvalue weighted by Crippen LogP contribution is 2.29. The second kappa shape index (κ2) is 4.12. The fraction of sp³-hybridized carbons (Fsp3) is 0.917. The molecule has 1 amide bonds. The first-order valence-corrected chi connectivity index (χ1v) is 5.82. The molecule has 1 rings (SSSR count). The molecule has 1 unspecified atom stereocenters. The summed E-state index contributed by atoms with van der Waals surface area (Å²) in [5.41, 5.74) is 5.74. The van der Waals surface area contributed by atoms with Crippen LogP contribution in [0, 0.1) is 5.41 Å². The third kappa shape index (κ3) is 3.20. The monoisotopic (exact) mass is 212 g/mol. The standard InChI is InChI=1S/C12H24N2O/c1-11(2,3)9(13)10(15)14-12(4)7-5-6-8-12/h9H,5-8,13H2,1-4H3,(H,14,15). The van der Waals surface area contributed by atoms with Gasteiger partial charge in [0.05, 0.1) is 6.04 Å². The Hall–Kier alpha value is -0.570. The van der Waals surface area contributed by atoms with E-state index in [4.69, 9.17) is 5.73 Å². The van der Waals surface area contributed by atoms with Crippen molar-refractivity contribution in [2.45, 2.75) is 65.0 Å². The smallest absolute Gasteiger partial charge is 0.237 e. The van der Waals surface area contributed by atoms with Gasteiger partial charge in [0.15, 0.2) is 0 Å². The lowest BCUT2D eigenvalue weighted by Gasteiger charge is -2.31. The molecule has 0 bridgehead atoms. The van der Waals surface area contributed by atoms with Gasteiger partial charge in [0.25, 0.3) is 0 Å². The molecule has 3 heteroatoms. The van der Waals surface area contributed by atoms with Crippen LogP contribution in [-0.2, 0) is 4.79 Å². The first-order valence-electron chi connectivity index (χ1n) is 5.82. The predicted octanol–water partition coefficient (Wildman–Crippen LogP) is 1.81. The second-order valence-electron chi connectivity index (χ2n) is 6.10. The molecule has 3 nitrogen and oxygen atoms in total. The van der Waals surface area contributed by atoms with Crippen molar-refractivity contribution in [1.29, 1.82) is 0 Å². The fourth-order valence-electron chi connectivity index (χ4n) is 2.05. The van der Waals surface area contributed by atoms with Crippen LogP contribution >= 0.6 is 0 Å². The first kappa shape index (κ1) is 12.5. The molecule has 1 aliphatic carbocycles. The number of amides is 1. The molecule has 0 radical (unpaired) electrons. The fourth-order valence-corrected chi connectivity index (χ4v) is 2.05. The number of nitrogens with two attached hydrogens (primary N) is 1. The molecule has 0 aromatic heterocycles. The van der Waals surface area contributed by atoms with E-state index in [2.05, 4.69) is 12.2 Å². The van der Waals surface area contributed by atoms with Gasteiger partial charge >= 0.3 is 0 Å². The normalized spacial score (nSPS) is 22.5. The van der Waals surface area contributed by atoms with Crippen LogP contribution in [0.1, 0.15) is 53.4 Å². The zero-order chi connectivity index (χ0) is 11.7. The lowest BCUT2D eigenvalue weighted by atomic mass is 9.86. The van der Waals surface area contributed by atoms with Gasteiger partial charge in [-0.2, -0.15) is 0 Å². The molecule has 0 spiro atoms. The first-order chi connectivity index (χ1) is 6.75. The molecule has 0 aromatic rings. The van der Waals surface area contributed by atoms with Gasteiger partial charge in [-0.25, -0.2) is 0 Å². The number of nitrogens with one attached hydrogen (secondary N) is 1. The number of hydrogen-bond acceptors (Lipinski definition) is 2. The maximum absolute atomic E-state index is 11.9. The Morgan fingerprint density at radius 1 is 1.33 bits per heavy atom. The molecular formula is C12H24N2O. The molecule has 3 N–H and O–H groups in total. The van der Waals surface area contributed by atoms with Crippen LogP contribution in [0.2, 0.25) is 0 Å². The van der Waals surface area contributed by atoms with Crippen LogP contribution in [0.5, 0.6) is 0 Å². The van der Waals surface area contributed by atoms with Gasteiger partial charge in [0.1, 0.15) is 0 Å². The van der Waals surface area contributed by atoms with Gasteiger partial charge in [0, 0.05) is 5.54 Å². The summed E-state index contributed by atoms with van der Waals surface area (Å²) < 4.78 is 0. The summed E-state index contributed by atoms with van der Waals surface area (Å²) in [6, 6.07) is -0.421. The van der Waals surface area contributed by atoms with Crippen LogP contribution < -0.4 is 11.1 Å². The highest BCUT2D eigenvalue weighted by atomic mass is 16.2. The van der Waals surface area contributed by atoms with Crippen molar-refractivity contribution in [3.63, 3.8) is 0 Å². The molecule has 0 heterocycles. The summed E-state index contributed by atoms with van der Waals surface area (Å²) in [7, 11) is 0. The largest absolute Gasteiger partial charge is 0.350 e. The van der Waals surface area contributed by atoms with E-state index >= 15 is 0 Å². The van der Waals surface area contributed by atoms with Crippen LogP contribution in [0.25, 0.3) is 0 Å². The van der Waals surface area contributed by atoms with Crippen molar-refractivity contribution in [3.05, 3.63) is 0 Å². The number of carbonyl (C=O) groups is 1. The quantitative estimate of drug-likeness (QED) is 0.733. The van der Waals surface area contributed by atoms with Gasteiger partial charge in [0.2, 0.25) is 5.91 Å². The van der Waals surface area contributed by atoms with Gasteiger partial charge in [-0.3, -0.25) is 4.79 Å². The molecule has 1 atom stereocenters. The topological polar surface area (TPSA) is 55.1 Å². The second-order valence-corrected chi connectivity index (χ2v) is 6.10. The summed E-state index contributed by atoms with van der Waals surface area (Å²) in [4.78, 5) is 11.9. The van der Waals surface area contributed by atoms with E-state index in [0.717, 1.165) is 12.8 Å². The summed E-state index contributed by atoms with van der Waals surface area (Å²) in [5, 5.41) is 3.10. The zero-order valence-electron chi connectivity index (χ0n) is 10.4. The molecule has 1 aliphatic rings. The number of rotatable bonds is 2. The Kier molecular flexibility index (Phi) is 3.44. The number of carbonyl (C=O) groups excluding carboxylic acids is 1. The summed E-state index contributed by atoms with van der Waals surface area (Å²) >= 11 is 0. The molecule has 1 saturated carbocycles. The van der Waals surface area contributed by atoms with Crippen LogP contribution in [0.3, 0.4) is 0 Å². The highest BCUT2D eigenvalue weighted by molar-refractivity contribution is 5.83. The van der Waals surface area contributed by atoms with E-state index in [1.54, 1.807) is 0 Å². The Balaban J connectivity index is 2.55. The Bertz CT molecular complexity index is 236. The summed E-state index contributed by atoms with van der Waals surface area (Å²) in [5.74, 6) is -0.00750. The van der Waals surface area contributed by atoms with Gasteiger partial charge in [-0.15, -0.1) is 0 Å². The molecule has 88 valence electrons. The van der Waals surface area contributed by atoms with E-state index in [0.29, 0.717) is 0 Å². The van der Waals surface area contributed by atoms with Gasteiger partial charge < -0.3 is 11.1 Å². The van der Waals surface area contributed by atoms with Crippen molar-refractivity contribution in [1.82, 2.24) is 5.32 Å². The van der Waals surface area contributed by atoms with Gasteiger partial charge in [-0.05, 0) is 25.2 Å². The summed E-state index contributed by atoms with van der Waals surface area (Å²) in [6.45, 7) is 8.10. The van der Waals surface area contributed by atoms with E-state index in [1.165, 1.54) is 12.8 Å². The maximum atomic E-state index is 11.9. The van der Waals surface area contributed by atoms with Gasteiger partial charge in [-0.1, -0.05) is 33.6 Å². The van der Waals surface area contributed by atoms with Crippen molar-refractivity contribution >= 4 is 5.91 Å². The molecule has 0 aromatic carbocycles. The maximum Gasteiger partial charge on any atom is 0.237 e. The van der Waals surface area contributed by atoms with Crippen molar-refractivity contribution in [3.8, 4) is 0 Å². The van der Waals surface area contributed by atoms with E-state index in [9.17, 15) is 4.79 Å². The average molecular weight is 212 g/mol.